The normalized spacial score (nSPS) is 17.5. The van der Waals surface area contributed by atoms with Crippen LogP contribution in [0.1, 0.15) is 26.7 Å². The average Bonchev–Trinajstić information content (AvgIpc) is 2.48. The zero-order valence-corrected chi connectivity index (χ0v) is 13.4. The topological polar surface area (TPSA) is 32.5 Å². The third-order valence-corrected chi connectivity index (χ3v) is 4.73. The summed E-state index contributed by atoms with van der Waals surface area (Å²) in [5, 5.41) is 0.808. The first kappa shape index (κ1) is 15.6. The van der Waals surface area contributed by atoms with Crippen LogP contribution in [0.5, 0.6) is 0 Å². The molecule has 3 nitrogen and oxygen atoms in total. The predicted molar refractivity (Wildman–Crippen MR) is 87.6 cm³/mol. The number of nitrogens with zero attached hydrogens (tertiary/aromatic N) is 2. The van der Waals surface area contributed by atoms with E-state index in [1.807, 2.05) is 18.2 Å². The van der Waals surface area contributed by atoms with E-state index in [4.69, 9.17) is 17.3 Å². The van der Waals surface area contributed by atoms with Crippen molar-refractivity contribution in [2.75, 3.05) is 37.6 Å². The highest BCUT2D eigenvalue weighted by Crippen LogP contribution is 2.21. The SMILES string of the molecule is CCC(N)(CC)CN1CCN(c2cccc(Cl)c2)CC1. The van der Waals surface area contributed by atoms with Crippen molar-refractivity contribution in [3.05, 3.63) is 29.3 Å². The van der Waals surface area contributed by atoms with Crippen molar-refractivity contribution in [1.82, 2.24) is 4.90 Å². The Kier molecular flexibility index (Phi) is 5.30. The highest BCUT2D eigenvalue weighted by Gasteiger charge is 2.26. The van der Waals surface area contributed by atoms with Gasteiger partial charge in [-0.25, -0.2) is 0 Å². The quantitative estimate of drug-likeness (QED) is 0.906. The van der Waals surface area contributed by atoms with Gasteiger partial charge >= 0.3 is 0 Å². The number of hydrogen-bond donors (Lipinski definition) is 1. The third-order valence-electron chi connectivity index (χ3n) is 4.49. The summed E-state index contributed by atoms with van der Waals surface area (Å²) < 4.78 is 0. The maximum Gasteiger partial charge on any atom is 0.0426 e. The molecule has 4 heteroatoms. The summed E-state index contributed by atoms with van der Waals surface area (Å²) in [5.41, 5.74) is 7.61. The van der Waals surface area contributed by atoms with Crippen molar-refractivity contribution >= 4 is 17.3 Å². The number of hydrogen-bond acceptors (Lipinski definition) is 3. The van der Waals surface area contributed by atoms with Gasteiger partial charge in [0.1, 0.15) is 0 Å². The second kappa shape index (κ2) is 6.79. The predicted octanol–water partition coefficient (Wildman–Crippen LogP) is 2.98. The summed E-state index contributed by atoms with van der Waals surface area (Å²) in [6, 6.07) is 8.12. The highest BCUT2D eigenvalue weighted by molar-refractivity contribution is 6.30. The maximum atomic E-state index is 6.42. The Morgan fingerprint density at radius 2 is 1.80 bits per heavy atom. The van der Waals surface area contributed by atoms with Crippen LogP contribution in [-0.2, 0) is 0 Å². The van der Waals surface area contributed by atoms with Gasteiger partial charge in [0.15, 0.2) is 0 Å². The van der Waals surface area contributed by atoms with Gasteiger partial charge in [0, 0.05) is 49.0 Å². The molecule has 1 heterocycles. The van der Waals surface area contributed by atoms with Gasteiger partial charge in [-0.3, -0.25) is 4.90 Å². The molecule has 0 bridgehead atoms. The van der Waals surface area contributed by atoms with Crippen LogP contribution in [0, 0.1) is 0 Å². The minimum atomic E-state index is -0.0295. The Labute approximate surface area is 127 Å². The molecule has 0 atom stereocenters. The molecular formula is C16H26ClN3. The van der Waals surface area contributed by atoms with Crippen molar-refractivity contribution in [2.45, 2.75) is 32.2 Å². The molecule has 0 saturated carbocycles. The molecule has 1 fully saturated rings. The van der Waals surface area contributed by atoms with Gasteiger partial charge in [-0.2, -0.15) is 0 Å². The number of benzene rings is 1. The van der Waals surface area contributed by atoms with E-state index in [1.54, 1.807) is 0 Å². The fourth-order valence-corrected chi connectivity index (χ4v) is 2.94. The lowest BCUT2D eigenvalue weighted by molar-refractivity contribution is 0.190. The summed E-state index contributed by atoms with van der Waals surface area (Å²) in [4.78, 5) is 4.90. The van der Waals surface area contributed by atoms with Crippen LogP contribution in [0.3, 0.4) is 0 Å². The van der Waals surface area contributed by atoms with Crippen molar-refractivity contribution in [2.24, 2.45) is 5.73 Å². The molecule has 20 heavy (non-hydrogen) atoms. The van der Waals surface area contributed by atoms with Crippen LogP contribution in [0.4, 0.5) is 5.69 Å². The van der Waals surface area contributed by atoms with E-state index in [9.17, 15) is 0 Å². The molecule has 1 saturated heterocycles. The second-order valence-electron chi connectivity index (χ2n) is 5.81. The molecule has 0 amide bonds. The molecule has 1 aromatic rings. The number of anilines is 1. The number of nitrogens with two attached hydrogens (primary N) is 1. The fraction of sp³-hybridized carbons (Fsp3) is 0.625. The zero-order chi connectivity index (χ0) is 14.6. The first-order chi connectivity index (χ1) is 9.56. The monoisotopic (exact) mass is 295 g/mol. The summed E-state index contributed by atoms with van der Waals surface area (Å²) >= 11 is 6.06. The van der Waals surface area contributed by atoms with Crippen LogP contribution in [0.25, 0.3) is 0 Å². The van der Waals surface area contributed by atoms with Gasteiger partial charge in [-0.05, 0) is 31.0 Å². The standard InChI is InChI=1S/C16H26ClN3/c1-3-16(18,4-2)13-19-8-10-20(11-9-19)15-7-5-6-14(17)12-15/h5-7,12H,3-4,8-11,13,18H2,1-2H3. The van der Waals surface area contributed by atoms with Crippen LogP contribution < -0.4 is 10.6 Å². The van der Waals surface area contributed by atoms with Crippen LogP contribution in [0.15, 0.2) is 24.3 Å². The fourth-order valence-electron chi connectivity index (χ4n) is 2.76. The van der Waals surface area contributed by atoms with E-state index >= 15 is 0 Å². The molecule has 2 N–H and O–H groups in total. The Balaban J connectivity index is 1.89. The smallest absolute Gasteiger partial charge is 0.0426 e. The Morgan fingerprint density at radius 3 is 2.35 bits per heavy atom. The summed E-state index contributed by atoms with van der Waals surface area (Å²) in [6.45, 7) is 9.62. The first-order valence-electron chi connectivity index (χ1n) is 7.58. The number of halogens is 1. The van der Waals surface area contributed by atoms with E-state index in [1.165, 1.54) is 5.69 Å². The molecule has 0 radical (unpaired) electrons. The van der Waals surface area contributed by atoms with E-state index in [2.05, 4.69) is 29.7 Å². The largest absolute Gasteiger partial charge is 0.369 e. The lowest BCUT2D eigenvalue weighted by Crippen LogP contribution is -2.55. The van der Waals surface area contributed by atoms with Crippen molar-refractivity contribution in [3.63, 3.8) is 0 Å². The molecular weight excluding hydrogens is 270 g/mol. The molecule has 2 rings (SSSR count). The van der Waals surface area contributed by atoms with Crippen molar-refractivity contribution in [1.29, 1.82) is 0 Å². The molecule has 112 valence electrons. The highest BCUT2D eigenvalue weighted by atomic mass is 35.5. The van der Waals surface area contributed by atoms with Crippen molar-refractivity contribution in [3.8, 4) is 0 Å². The minimum absolute atomic E-state index is 0.0295. The Bertz CT molecular complexity index is 423. The van der Waals surface area contributed by atoms with Gasteiger partial charge in [0.05, 0.1) is 0 Å². The maximum absolute atomic E-state index is 6.42. The van der Waals surface area contributed by atoms with E-state index in [0.717, 1.165) is 50.6 Å². The summed E-state index contributed by atoms with van der Waals surface area (Å²) in [7, 11) is 0. The van der Waals surface area contributed by atoms with Crippen LogP contribution in [-0.4, -0.2) is 43.2 Å². The molecule has 0 spiro atoms. The van der Waals surface area contributed by atoms with Gasteiger partial charge in [-0.1, -0.05) is 31.5 Å². The number of piperazine rings is 1. The van der Waals surface area contributed by atoms with Gasteiger partial charge in [-0.15, -0.1) is 0 Å². The Hall–Kier alpha value is -0.770. The van der Waals surface area contributed by atoms with E-state index in [0.29, 0.717) is 0 Å². The molecule has 0 unspecified atom stereocenters. The van der Waals surface area contributed by atoms with Gasteiger partial charge < -0.3 is 10.6 Å². The van der Waals surface area contributed by atoms with E-state index < -0.39 is 0 Å². The van der Waals surface area contributed by atoms with Gasteiger partial charge in [0.25, 0.3) is 0 Å². The third kappa shape index (κ3) is 3.87. The van der Waals surface area contributed by atoms with Crippen LogP contribution >= 0.6 is 11.6 Å². The minimum Gasteiger partial charge on any atom is -0.369 e. The molecule has 1 aliphatic rings. The average molecular weight is 296 g/mol. The van der Waals surface area contributed by atoms with E-state index in [-0.39, 0.29) is 5.54 Å². The zero-order valence-electron chi connectivity index (χ0n) is 12.6. The molecule has 1 aromatic carbocycles. The molecule has 0 aromatic heterocycles. The van der Waals surface area contributed by atoms with Crippen molar-refractivity contribution < 1.29 is 0 Å². The molecule has 1 aliphatic heterocycles. The lowest BCUT2D eigenvalue weighted by Gasteiger charge is -2.40. The molecule has 0 aliphatic carbocycles. The Morgan fingerprint density at radius 1 is 1.15 bits per heavy atom. The van der Waals surface area contributed by atoms with Gasteiger partial charge in [0.2, 0.25) is 0 Å². The summed E-state index contributed by atoms with van der Waals surface area (Å²) in [5.74, 6) is 0. The first-order valence-corrected chi connectivity index (χ1v) is 7.96. The second-order valence-corrected chi connectivity index (χ2v) is 6.25. The summed E-state index contributed by atoms with van der Waals surface area (Å²) in [6.07, 6.45) is 2.08. The number of rotatable bonds is 5. The van der Waals surface area contributed by atoms with Crippen LogP contribution in [0.2, 0.25) is 5.02 Å². The lowest BCUT2D eigenvalue weighted by atomic mass is 9.93.